The van der Waals surface area contributed by atoms with Gasteiger partial charge in [0, 0.05) is 11.1 Å². The van der Waals surface area contributed by atoms with Crippen LogP contribution >= 0.6 is 23.1 Å². The molecule has 0 N–H and O–H groups in total. The van der Waals surface area contributed by atoms with E-state index >= 15 is 0 Å². The number of benzene rings is 1. The molecule has 9 heteroatoms. The Labute approximate surface area is 158 Å². The molecule has 0 aliphatic rings. The number of hydrogen-bond acceptors (Lipinski definition) is 8. The Morgan fingerprint density at radius 3 is 2.96 bits per heavy atom. The third-order valence-electron chi connectivity index (χ3n) is 3.54. The molecule has 132 valence electrons. The van der Waals surface area contributed by atoms with Crippen LogP contribution in [0.15, 0.2) is 41.1 Å². The normalized spacial score (nSPS) is 11.7. The molecule has 2 heterocycles. The minimum atomic E-state index is -0.858. The number of aromatic nitrogens is 4. The number of thioether (sulfide) groups is 1. The molecule has 0 saturated carbocycles. The topological polar surface area (TPSA) is 93.7 Å². The van der Waals surface area contributed by atoms with Crippen molar-refractivity contribution in [2.24, 2.45) is 0 Å². The van der Waals surface area contributed by atoms with Gasteiger partial charge in [-0.05, 0) is 19.1 Å². The first-order chi connectivity index (χ1) is 12.6. The Morgan fingerprint density at radius 1 is 1.46 bits per heavy atom. The Balaban J connectivity index is 1.76. The molecule has 1 atom stereocenters. The molecule has 0 bridgehead atoms. The molecule has 0 saturated heterocycles. The van der Waals surface area contributed by atoms with Gasteiger partial charge in [0.25, 0.3) is 0 Å². The second kappa shape index (κ2) is 8.12. The largest absolute Gasteiger partial charge is 0.495 e. The standard InChI is InChI=1S/C17H15N5O2S2/c1-11-8-25-16(20-11)12(7-18)14(23)9-26-17-21-19-10-22(17)13-5-3-4-6-15(13)24-2/h3-6,8,10,12H,9H2,1-2H3. The number of para-hydroxylation sites is 2. The number of carbonyl (C=O) groups excluding carboxylic acids is 1. The third-order valence-corrected chi connectivity index (χ3v) is 5.53. The second-order valence-electron chi connectivity index (χ2n) is 5.30. The molecule has 0 amide bonds. The molecular weight excluding hydrogens is 370 g/mol. The number of methoxy groups -OCH3 is 1. The van der Waals surface area contributed by atoms with E-state index in [1.165, 1.54) is 23.1 Å². The average molecular weight is 385 g/mol. The molecule has 2 aromatic heterocycles. The number of aryl methyl sites for hydroxylation is 1. The van der Waals surface area contributed by atoms with E-state index in [1.54, 1.807) is 18.0 Å². The molecule has 7 nitrogen and oxygen atoms in total. The number of ether oxygens (including phenoxy) is 1. The average Bonchev–Trinajstić information content (AvgIpc) is 3.29. The first-order valence-corrected chi connectivity index (χ1v) is 9.51. The van der Waals surface area contributed by atoms with Gasteiger partial charge >= 0.3 is 0 Å². The minimum Gasteiger partial charge on any atom is -0.495 e. The lowest BCUT2D eigenvalue weighted by Gasteiger charge is -2.10. The summed E-state index contributed by atoms with van der Waals surface area (Å²) in [5, 5.41) is 20.3. The number of ketones is 1. The van der Waals surface area contributed by atoms with Crippen molar-refractivity contribution in [3.8, 4) is 17.5 Å². The number of thiazole rings is 1. The fraction of sp³-hybridized carbons (Fsp3) is 0.235. The molecule has 0 aliphatic carbocycles. The third kappa shape index (κ3) is 3.76. The lowest BCUT2D eigenvalue weighted by Crippen LogP contribution is -2.13. The van der Waals surface area contributed by atoms with E-state index in [2.05, 4.69) is 15.2 Å². The van der Waals surface area contributed by atoms with E-state index in [4.69, 9.17) is 4.74 Å². The lowest BCUT2D eigenvalue weighted by molar-refractivity contribution is -0.116. The highest BCUT2D eigenvalue weighted by molar-refractivity contribution is 7.99. The first kappa shape index (κ1) is 18.1. The number of rotatable bonds is 7. The van der Waals surface area contributed by atoms with Crippen LogP contribution in [-0.4, -0.2) is 38.4 Å². The summed E-state index contributed by atoms with van der Waals surface area (Å²) in [6, 6.07) is 9.52. The van der Waals surface area contributed by atoms with Gasteiger partial charge in [-0.15, -0.1) is 21.5 Å². The monoisotopic (exact) mass is 385 g/mol. The van der Waals surface area contributed by atoms with E-state index in [1.807, 2.05) is 42.6 Å². The summed E-state index contributed by atoms with van der Waals surface area (Å²) >= 11 is 2.56. The van der Waals surface area contributed by atoms with Crippen molar-refractivity contribution < 1.29 is 9.53 Å². The predicted octanol–water partition coefficient (Wildman–Crippen LogP) is 3.01. The maximum atomic E-state index is 12.5. The van der Waals surface area contributed by atoms with Gasteiger partial charge in [-0.3, -0.25) is 9.36 Å². The van der Waals surface area contributed by atoms with E-state index in [0.717, 1.165) is 11.4 Å². The van der Waals surface area contributed by atoms with Gasteiger partial charge < -0.3 is 4.74 Å². The van der Waals surface area contributed by atoms with Crippen LogP contribution in [0.2, 0.25) is 0 Å². The Morgan fingerprint density at radius 2 is 2.27 bits per heavy atom. The van der Waals surface area contributed by atoms with Crippen LogP contribution in [0, 0.1) is 18.3 Å². The van der Waals surface area contributed by atoms with Crippen LogP contribution < -0.4 is 4.74 Å². The zero-order chi connectivity index (χ0) is 18.5. The van der Waals surface area contributed by atoms with Gasteiger partial charge in [-0.2, -0.15) is 5.26 Å². The highest BCUT2D eigenvalue weighted by Crippen LogP contribution is 2.28. The van der Waals surface area contributed by atoms with Crippen molar-refractivity contribution in [2.45, 2.75) is 18.0 Å². The van der Waals surface area contributed by atoms with Gasteiger partial charge in [-0.1, -0.05) is 23.9 Å². The highest BCUT2D eigenvalue weighted by Gasteiger charge is 2.24. The number of nitrogens with zero attached hydrogens (tertiary/aromatic N) is 5. The molecule has 1 unspecified atom stereocenters. The quantitative estimate of drug-likeness (QED) is 0.577. The van der Waals surface area contributed by atoms with Crippen LogP contribution in [0.3, 0.4) is 0 Å². The van der Waals surface area contributed by atoms with E-state index in [9.17, 15) is 10.1 Å². The predicted molar refractivity (Wildman–Crippen MR) is 98.8 cm³/mol. The molecule has 3 rings (SSSR count). The fourth-order valence-corrected chi connectivity index (χ4v) is 3.99. The van der Waals surface area contributed by atoms with Crippen LogP contribution in [0.4, 0.5) is 0 Å². The van der Waals surface area contributed by atoms with E-state index < -0.39 is 5.92 Å². The van der Waals surface area contributed by atoms with Crippen LogP contribution in [0.25, 0.3) is 5.69 Å². The molecule has 1 aromatic carbocycles. The minimum absolute atomic E-state index is 0.102. The SMILES string of the molecule is COc1ccccc1-n1cnnc1SCC(=O)C(C#N)c1nc(C)cs1. The van der Waals surface area contributed by atoms with Crippen molar-refractivity contribution in [2.75, 3.05) is 12.9 Å². The summed E-state index contributed by atoms with van der Waals surface area (Å²) in [5.41, 5.74) is 1.59. The maximum absolute atomic E-state index is 12.5. The molecular formula is C17H15N5O2S2. The number of hydrogen-bond donors (Lipinski definition) is 0. The molecule has 0 fully saturated rings. The second-order valence-corrected chi connectivity index (χ2v) is 7.13. The Kier molecular flexibility index (Phi) is 5.65. The zero-order valence-corrected chi connectivity index (χ0v) is 15.8. The van der Waals surface area contributed by atoms with Gasteiger partial charge in [-0.25, -0.2) is 4.98 Å². The summed E-state index contributed by atoms with van der Waals surface area (Å²) in [5.74, 6) is -0.288. The summed E-state index contributed by atoms with van der Waals surface area (Å²) < 4.78 is 7.12. The van der Waals surface area contributed by atoms with Gasteiger partial charge in [0.05, 0.1) is 24.6 Å². The number of Topliss-reactive ketones (excluding diaryl/α,β-unsaturated/α-hetero) is 1. The van der Waals surface area contributed by atoms with E-state index in [0.29, 0.717) is 15.9 Å². The van der Waals surface area contributed by atoms with Crippen LogP contribution in [0.1, 0.15) is 16.6 Å². The van der Waals surface area contributed by atoms with Crippen molar-refractivity contribution in [3.05, 3.63) is 46.7 Å². The van der Waals surface area contributed by atoms with Crippen LogP contribution in [-0.2, 0) is 4.79 Å². The lowest BCUT2D eigenvalue weighted by atomic mass is 10.1. The smallest absolute Gasteiger partial charge is 0.196 e. The summed E-state index contributed by atoms with van der Waals surface area (Å²) in [6.07, 6.45) is 1.57. The molecule has 3 aromatic rings. The molecule has 0 radical (unpaired) electrons. The summed E-state index contributed by atoms with van der Waals surface area (Å²) in [7, 11) is 1.59. The highest BCUT2D eigenvalue weighted by atomic mass is 32.2. The molecule has 26 heavy (non-hydrogen) atoms. The summed E-state index contributed by atoms with van der Waals surface area (Å²) in [4.78, 5) is 16.7. The zero-order valence-electron chi connectivity index (χ0n) is 14.1. The number of nitriles is 1. The molecule has 0 spiro atoms. The van der Waals surface area contributed by atoms with Crippen molar-refractivity contribution in [1.29, 1.82) is 5.26 Å². The number of carbonyl (C=O) groups is 1. The Bertz CT molecular complexity index is 960. The van der Waals surface area contributed by atoms with Crippen molar-refractivity contribution in [1.82, 2.24) is 19.7 Å². The Hall–Kier alpha value is -2.70. The molecule has 0 aliphatic heterocycles. The van der Waals surface area contributed by atoms with Crippen LogP contribution in [0.5, 0.6) is 5.75 Å². The first-order valence-electron chi connectivity index (χ1n) is 7.64. The van der Waals surface area contributed by atoms with Crippen molar-refractivity contribution >= 4 is 28.9 Å². The summed E-state index contributed by atoms with van der Waals surface area (Å²) in [6.45, 7) is 1.84. The van der Waals surface area contributed by atoms with Gasteiger partial charge in [0.2, 0.25) is 0 Å². The fourth-order valence-electron chi connectivity index (χ4n) is 2.31. The van der Waals surface area contributed by atoms with Crippen molar-refractivity contribution in [3.63, 3.8) is 0 Å². The van der Waals surface area contributed by atoms with E-state index in [-0.39, 0.29) is 11.5 Å². The van der Waals surface area contributed by atoms with Gasteiger partial charge in [0.1, 0.15) is 17.1 Å². The van der Waals surface area contributed by atoms with Gasteiger partial charge in [0.15, 0.2) is 16.9 Å². The maximum Gasteiger partial charge on any atom is 0.196 e.